The summed E-state index contributed by atoms with van der Waals surface area (Å²) in [5.74, 6) is 0. The van der Waals surface area contributed by atoms with Gasteiger partial charge in [0.25, 0.3) is 5.69 Å². The molecule has 0 aliphatic carbocycles. The van der Waals surface area contributed by atoms with E-state index in [2.05, 4.69) is 22.1 Å². The molecule has 0 saturated carbocycles. The van der Waals surface area contributed by atoms with Crippen LogP contribution in [0.1, 0.15) is 0 Å². The lowest BCUT2D eigenvalue weighted by atomic mass is 10.3. The van der Waals surface area contributed by atoms with Crippen LogP contribution in [-0.2, 0) is 11.8 Å². The van der Waals surface area contributed by atoms with E-state index in [9.17, 15) is 0 Å². The fourth-order valence-electron chi connectivity index (χ4n) is 1.01. The maximum Gasteiger partial charge on any atom is 0.264 e. The minimum absolute atomic E-state index is 0.698. The molecule has 2 N–H and O–H groups in total. The Morgan fingerprint density at radius 1 is 1.36 bits per heavy atom. The number of rotatable bonds is 2. The first-order chi connectivity index (χ1) is 6.56. The van der Waals surface area contributed by atoms with Gasteiger partial charge in [-0.25, -0.2) is 0 Å². The molecule has 1 heterocycles. The number of hydrogen-bond acceptors (Lipinski definition) is 4. The standard InChI is InChI=1S/C6H6N3O2PS2/c10-12(11,13)14-9-6-4-2-1-3-5(6)7-8-9/h1-4H,(H2,10,11,13). The quantitative estimate of drug-likeness (QED) is 0.775. The van der Waals surface area contributed by atoms with Gasteiger partial charge in [-0.15, -0.1) is 5.10 Å². The Morgan fingerprint density at radius 3 is 2.79 bits per heavy atom. The molecule has 0 atom stereocenters. The van der Waals surface area contributed by atoms with Gasteiger partial charge in [-0.3, -0.25) is 0 Å². The molecular weight excluding hydrogens is 241 g/mol. The van der Waals surface area contributed by atoms with Gasteiger partial charge < -0.3 is 9.79 Å². The summed E-state index contributed by atoms with van der Waals surface area (Å²) in [5, 5.41) is 7.60. The second kappa shape index (κ2) is 3.60. The third-order valence-corrected chi connectivity index (χ3v) is 3.84. The molecule has 1 aromatic heterocycles. The van der Waals surface area contributed by atoms with Crippen LogP contribution in [0.4, 0.5) is 0 Å². The third kappa shape index (κ3) is 2.13. The van der Waals surface area contributed by atoms with Gasteiger partial charge in [-0.1, -0.05) is 17.3 Å². The minimum Gasteiger partial charge on any atom is -0.336 e. The van der Waals surface area contributed by atoms with E-state index in [1.165, 1.54) is 4.09 Å². The molecule has 1 aromatic carbocycles. The lowest BCUT2D eigenvalue weighted by Crippen LogP contribution is -1.88. The first-order valence-electron chi connectivity index (χ1n) is 3.62. The smallest absolute Gasteiger partial charge is 0.264 e. The molecule has 0 bridgehead atoms. The molecule has 14 heavy (non-hydrogen) atoms. The molecule has 74 valence electrons. The van der Waals surface area contributed by atoms with Gasteiger partial charge in [-0.05, 0) is 23.9 Å². The molecular formula is C6H6N3O2PS2. The van der Waals surface area contributed by atoms with E-state index in [1.807, 2.05) is 12.1 Å². The maximum atomic E-state index is 9.10. The van der Waals surface area contributed by atoms with Crippen LogP contribution in [0.3, 0.4) is 0 Å². The molecule has 0 aliphatic heterocycles. The van der Waals surface area contributed by atoms with Crippen molar-refractivity contribution in [2.75, 3.05) is 0 Å². The van der Waals surface area contributed by atoms with Crippen molar-refractivity contribution in [1.82, 2.24) is 14.4 Å². The SMILES string of the molecule is OP(O)(=S)Sn1nnc2ccccc21. The van der Waals surface area contributed by atoms with Crippen molar-refractivity contribution in [3.05, 3.63) is 24.3 Å². The highest BCUT2D eigenvalue weighted by molar-refractivity contribution is 8.66. The van der Waals surface area contributed by atoms with Crippen molar-refractivity contribution < 1.29 is 9.79 Å². The van der Waals surface area contributed by atoms with Crippen molar-refractivity contribution in [2.24, 2.45) is 0 Å². The van der Waals surface area contributed by atoms with Crippen molar-refractivity contribution in [1.29, 1.82) is 0 Å². The lowest BCUT2D eigenvalue weighted by molar-refractivity contribution is 0.501. The lowest BCUT2D eigenvalue weighted by Gasteiger charge is -2.04. The third-order valence-electron chi connectivity index (χ3n) is 1.51. The number of hydrogen-bond donors (Lipinski definition) is 2. The van der Waals surface area contributed by atoms with Crippen LogP contribution in [-0.4, -0.2) is 24.2 Å². The van der Waals surface area contributed by atoms with Gasteiger partial charge in [0.05, 0.1) is 11.6 Å². The second-order valence-electron chi connectivity index (χ2n) is 2.52. The predicted molar refractivity (Wildman–Crippen MR) is 59.2 cm³/mol. The Hall–Kier alpha value is -0.460. The zero-order valence-corrected chi connectivity index (χ0v) is 9.34. The zero-order valence-electron chi connectivity index (χ0n) is 6.81. The number of para-hydroxylation sites is 1. The number of benzene rings is 1. The fourth-order valence-corrected chi connectivity index (χ4v) is 3.06. The molecule has 0 radical (unpaired) electrons. The van der Waals surface area contributed by atoms with Crippen molar-refractivity contribution in [3.63, 3.8) is 0 Å². The number of fused-ring (bicyclic) bond motifs is 1. The van der Waals surface area contributed by atoms with Crippen LogP contribution in [0.15, 0.2) is 24.3 Å². The summed E-state index contributed by atoms with van der Waals surface area (Å²) < 4.78 is 1.33. The zero-order chi connectivity index (χ0) is 10.2. The highest BCUT2D eigenvalue weighted by atomic mass is 32.9. The van der Waals surface area contributed by atoms with Gasteiger partial charge in [-0.2, -0.15) is 4.09 Å². The summed E-state index contributed by atoms with van der Waals surface area (Å²) in [6.45, 7) is 0. The molecule has 0 fully saturated rings. The molecule has 0 amide bonds. The molecule has 0 spiro atoms. The molecule has 2 aromatic rings. The predicted octanol–water partition coefficient (Wildman–Crippen LogP) is 1.14. The van der Waals surface area contributed by atoms with E-state index in [1.54, 1.807) is 12.1 Å². The Kier molecular flexibility index (Phi) is 2.59. The number of aromatic nitrogens is 3. The van der Waals surface area contributed by atoms with E-state index in [0.29, 0.717) is 17.1 Å². The van der Waals surface area contributed by atoms with Crippen molar-refractivity contribution >= 4 is 40.1 Å². The topological polar surface area (TPSA) is 71.2 Å². The molecule has 2 rings (SSSR count). The van der Waals surface area contributed by atoms with Crippen LogP contribution >= 0.6 is 17.3 Å². The summed E-state index contributed by atoms with van der Waals surface area (Å²) in [7, 11) is 0. The molecule has 5 nitrogen and oxygen atoms in total. The second-order valence-corrected chi connectivity index (χ2v) is 8.25. The maximum absolute atomic E-state index is 9.10. The van der Waals surface area contributed by atoms with Crippen molar-refractivity contribution in [3.8, 4) is 0 Å². The molecule has 8 heteroatoms. The van der Waals surface area contributed by atoms with Gasteiger partial charge >= 0.3 is 0 Å². The van der Waals surface area contributed by atoms with E-state index >= 15 is 0 Å². The van der Waals surface area contributed by atoms with E-state index in [4.69, 9.17) is 9.79 Å². The Morgan fingerprint density at radius 2 is 2.07 bits per heavy atom. The summed E-state index contributed by atoms with van der Waals surface area (Å²) in [6, 6.07) is 7.23. The van der Waals surface area contributed by atoms with Crippen LogP contribution in [0, 0.1) is 0 Å². The van der Waals surface area contributed by atoms with Crippen LogP contribution in [0.2, 0.25) is 0 Å². The molecule has 0 aliphatic rings. The average Bonchev–Trinajstić information content (AvgIpc) is 2.47. The van der Waals surface area contributed by atoms with Crippen LogP contribution < -0.4 is 0 Å². The first-order valence-corrected chi connectivity index (χ1v) is 7.71. The normalized spacial score (nSPS) is 12.1. The van der Waals surface area contributed by atoms with Gasteiger partial charge in [0, 0.05) is 0 Å². The summed E-state index contributed by atoms with van der Waals surface area (Å²) in [4.78, 5) is 18.2. The van der Waals surface area contributed by atoms with Crippen LogP contribution in [0.5, 0.6) is 0 Å². The van der Waals surface area contributed by atoms with E-state index in [-0.39, 0.29) is 0 Å². The highest BCUT2D eigenvalue weighted by Gasteiger charge is 2.13. The minimum atomic E-state index is -3.35. The Bertz CT molecular complexity index is 509. The highest BCUT2D eigenvalue weighted by Crippen LogP contribution is 2.51. The molecule has 0 saturated heterocycles. The van der Waals surface area contributed by atoms with E-state index in [0.717, 1.165) is 5.52 Å². The summed E-state index contributed by atoms with van der Waals surface area (Å²) in [6.07, 6.45) is 0. The Balaban J connectivity index is 2.49. The van der Waals surface area contributed by atoms with Gasteiger partial charge in [0.2, 0.25) is 0 Å². The van der Waals surface area contributed by atoms with Crippen molar-refractivity contribution in [2.45, 2.75) is 0 Å². The van der Waals surface area contributed by atoms with E-state index < -0.39 is 5.69 Å². The van der Waals surface area contributed by atoms with Crippen LogP contribution in [0.25, 0.3) is 11.0 Å². The number of nitrogens with zero attached hydrogens (tertiary/aromatic N) is 3. The monoisotopic (exact) mass is 247 g/mol. The first kappa shape index (κ1) is 10.1. The fraction of sp³-hybridized carbons (Fsp3) is 0. The Labute approximate surface area is 88.8 Å². The van der Waals surface area contributed by atoms with Gasteiger partial charge in [0.1, 0.15) is 11.0 Å². The molecule has 0 unspecified atom stereocenters. The van der Waals surface area contributed by atoms with Gasteiger partial charge in [0.15, 0.2) is 0 Å². The largest absolute Gasteiger partial charge is 0.336 e. The summed E-state index contributed by atoms with van der Waals surface area (Å²) >= 11 is 5.21. The summed E-state index contributed by atoms with van der Waals surface area (Å²) in [5.41, 5.74) is -1.93. The average molecular weight is 247 g/mol.